The largest absolute Gasteiger partial charge is 0.457 e. The lowest BCUT2D eigenvalue weighted by molar-refractivity contribution is -0.385. The van der Waals surface area contributed by atoms with Gasteiger partial charge < -0.3 is 5.11 Å². The molecule has 27 heavy (non-hydrogen) atoms. The monoisotopic (exact) mass is 392 g/mol. The van der Waals surface area contributed by atoms with Gasteiger partial charge in [-0.2, -0.15) is 22.0 Å². The van der Waals surface area contributed by atoms with Crippen LogP contribution in [0.5, 0.6) is 0 Å². The number of nitro groups is 2. The molecular formula is C15H9F5N2O5. The predicted molar refractivity (Wildman–Crippen MR) is 80.2 cm³/mol. The first-order chi connectivity index (χ1) is 12.3. The first kappa shape index (κ1) is 20.2. The fourth-order valence-corrected chi connectivity index (χ4v) is 2.38. The molecule has 0 unspecified atom stereocenters. The summed E-state index contributed by atoms with van der Waals surface area (Å²) in [5.74, 6) is -5.72. The van der Waals surface area contributed by atoms with Crippen LogP contribution in [-0.2, 0) is 5.60 Å². The predicted octanol–water partition coefficient (Wildman–Crippen LogP) is 3.94. The van der Waals surface area contributed by atoms with Crippen molar-refractivity contribution in [2.75, 3.05) is 0 Å². The van der Waals surface area contributed by atoms with Gasteiger partial charge in [0.25, 0.3) is 11.4 Å². The van der Waals surface area contributed by atoms with Crippen molar-refractivity contribution in [3.05, 3.63) is 79.9 Å². The quantitative estimate of drug-likeness (QED) is 0.471. The van der Waals surface area contributed by atoms with Crippen LogP contribution in [0.15, 0.2) is 48.5 Å². The number of non-ortho nitro benzene ring substituents is 2. The van der Waals surface area contributed by atoms with E-state index >= 15 is 0 Å². The van der Waals surface area contributed by atoms with Crippen molar-refractivity contribution in [3.8, 4) is 0 Å². The first-order valence-electron chi connectivity index (χ1n) is 6.99. The van der Waals surface area contributed by atoms with Crippen molar-refractivity contribution in [1.82, 2.24) is 0 Å². The second kappa shape index (κ2) is 6.54. The summed E-state index contributed by atoms with van der Waals surface area (Å²) in [7, 11) is 0. The molecule has 2 rings (SSSR count). The van der Waals surface area contributed by atoms with Crippen LogP contribution < -0.4 is 0 Å². The number of nitrogens with zero attached hydrogens (tertiary/aromatic N) is 2. The molecule has 0 bridgehead atoms. The highest BCUT2D eigenvalue weighted by Crippen LogP contribution is 2.52. The zero-order valence-corrected chi connectivity index (χ0v) is 13.0. The molecule has 0 aliphatic heterocycles. The van der Waals surface area contributed by atoms with Gasteiger partial charge in [-0.3, -0.25) is 20.2 Å². The highest BCUT2D eigenvalue weighted by molar-refractivity contribution is 5.45. The maximum Gasteiger partial charge on any atom is 0.457 e. The standard InChI is InChI=1S/C15H9F5N2O5/c16-14(17,15(18,19)20)13(23,9-1-5-11(6-2-9)21(24)25)10-3-7-12(8-4-10)22(26)27/h1-8,23H. The van der Waals surface area contributed by atoms with Crippen molar-refractivity contribution >= 4 is 11.4 Å². The van der Waals surface area contributed by atoms with Crippen LogP contribution in [0.2, 0.25) is 0 Å². The van der Waals surface area contributed by atoms with E-state index < -0.39 is 50.0 Å². The molecule has 0 heterocycles. The molecule has 144 valence electrons. The van der Waals surface area contributed by atoms with Gasteiger partial charge in [0.1, 0.15) is 0 Å². The molecule has 0 aromatic heterocycles. The second-order valence-electron chi connectivity index (χ2n) is 5.39. The Morgan fingerprint density at radius 3 is 1.22 bits per heavy atom. The molecule has 7 nitrogen and oxygen atoms in total. The molecule has 0 atom stereocenters. The normalized spacial score (nSPS) is 12.7. The van der Waals surface area contributed by atoms with E-state index in [0.29, 0.717) is 48.5 Å². The topological polar surface area (TPSA) is 107 Å². The average molecular weight is 392 g/mol. The molecule has 1 N–H and O–H groups in total. The van der Waals surface area contributed by atoms with Gasteiger partial charge in [-0.15, -0.1) is 0 Å². The number of benzene rings is 2. The Balaban J connectivity index is 2.72. The van der Waals surface area contributed by atoms with E-state index in [9.17, 15) is 47.3 Å². The summed E-state index contributed by atoms with van der Waals surface area (Å²) < 4.78 is 67.4. The molecule has 12 heteroatoms. The molecule has 0 amide bonds. The van der Waals surface area contributed by atoms with Crippen LogP contribution in [-0.4, -0.2) is 27.1 Å². The van der Waals surface area contributed by atoms with Crippen molar-refractivity contribution < 1.29 is 36.9 Å². The third-order valence-corrected chi connectivity index (χ3v) is 3.80. The van der Waals surface area contributed by atoms with Gasteiger partial charge in [-0.25, -0.2) is 0 Å². The van der Waals surface area contributed by atoms with Gasteiger partial charge in [0.15, 0.2) is 5.60 Å². The zero-order valence-electron chi connectivity index (χ0n) is 13.0. The molecule has 2 aromatic rings. The van der Waals surface area contributed by atoms with Crippen molar-refractivity contribution in [3.63, 3.8) is 0 Å². The lowest BCUT2D eigenvalue weighted by Gasteiger charge is -2.37. The molecule has 0 aliphatic carbocycles. The highest BCUT2D eigenvalue weighted by atomic mass is 19.4. The Morgan fingerprint density at radius 2 is 1.00 bits per heavy atom. The smallest absolute Gasteiger partial charge is 0.374 e. The van der Waals surface area contributed by atoms with Crippen LogP contribution in [0.4, 0.5) is 33.3 Å². The van der Waals surface area contributed by atoms with Crippen LogP contribution in [0, 0.1) is 20.2 Å². The highest BCUT2D eigenvalue weighted by Gasteiger charge is 2.71. The molecule has 0 saturated heterocycles. The summed E-state index contributed by atoms with van der Waals surface area (Å²) in [5.41, 5.74) is -7.14. The molecular weight excluding hydrogens is 383 g/mol. The summed E-state index contributed by atoms with van der Waals surface area (Å²) in [6.07, 6.45) is -6.19. The number of rotatable bonds is 5. The SMILES string of the molecule is O=[N+]([O-])c1ccc(C(O)(c2ccc([N+](=O)[O-])cc2)C(F)(F)C(F)(F)F)cc1. The van der Waals surface area contributed by atoms with Gasteiger partial charge in [-0.1, -0.05) is 0 Å². The number of nitro benzene ring substituents is 2. The third-order valence-electron chi connectivity index (χ3n) is 3.80. The number of aliphatic hydroxyl groups is 1. The van der Waals surface area contributed by atoms with Crippen LogP contribution in [0.25, 0.3) is 0 Å². The lowest BCUT2D eigenvalue weighted by Crippen LogP contribution is -2.55. The summed E-state index contributed by atoms with van der Waals surface area (Å²) in [6, 6.07) is 4.82. The van der Waals surface area contributed by atoms with Crippen molar-refractivity contribution in [2.45, 2.75) is 17.7 Å². The number of hydrogen-bond donors (Lipinski definition) is 1. The second-order valence-corrected chi connectivity index (χ2v) is 5.39. The Labute approximate surface area is 147 Å². The van der Waals surface area contributed by atoms with E-state index in [-0.39, 0.29) is 0 Å². The van der Waals surface area contributed by atoms with Crippen molar-refractivity contribution in [1.29, 1.82) is 0 Å². The Hall–Kier alpha value is -3.15. The number of halogens is 5. The summed E-state index contributed by atoms with van der Waals surface area (Å²) >= 11 is 0. The van der Waals surface area contributed by atoms with Crippen molar-refractivity contribution in [2.24, 2.45) is 0 Å². The molecule has 0 fully saturated rings. The minimum atomic E-state index is -6.19. The Bertz CT molecular complexity index is 808. The summed E-state index contributed by atoms with van der Waals surface area (Å²) in [4.78, 5) is 19.5. The van der Waals surface area contributed by atoms with E-state index in [4.69, 9.17) is 0 Å². The summed E-state index contributed by atoms with van der Waals surface area (Å²) in [5, 5.41) is 31.7. The molecule has 0 saturated carbocycles. The van der Waals surface area contributed by atoms with Gasteiger partial charge in [0.2, 0.25) is 0 Å². The Morgan fingerprint density at radius 1 is 0.704 bits per heavy atom. The van der Waals surface area contributed by atoms with Gasteiger partial charge in [0.05, 0.1) is 9.85 Å². The summed E-state index contributed by atoms with van der Waals surface area (Å²) in [6.45, 7) is 0. The molecule has 0 spiro atoms. The zero-order chi connectivity index (χ0) is 20.6. The fraction of sp³-hybridized carbons (Fsp3) is 0.200. The first-order valence-corrected chi connectivity index (χ1v) is 6.99. The number of alkyl halides is 5. The van der Waals surface area contributed by atoms with Gasteiger partial charge in [-0.05, 0) is 35.4 Å². The van der Waals surface area contributed by atoms with E-state index in [1.807, 2.05) is 0 Å². The minimum Gasteiger partial charge on any atom is -0.374 e. The van der Waals surface area contributed by atoms with E-state index in [0.717, 1.165) is 0 Å². The Kier molecular flexibility index (Phi) is 4.88. The van der Waals surface area contributed by atoms with E-state index in [1.165, 1.54) is 0 Å². The maximum absolute atomic E-state index is 14.2. The van der Waals surface area contributed by atoms with Crippen LogP contribution in [0.1, 0.15) is 11.1 Å². The van der Waals surface area contributed by atoms with E-state index in [1.54, 1.807) is 0 Å². The fourth-order valence-electron chi connectivity index (χ4n) is 2.38. The average Bonchev–Trinajstić information content (AvgIpc) is 2.60. The number of hydrogen-bond acceptors (Lipinski definition) is 5. The maximum atomic E-state index is 14.2. The van der Waals surface area contributed by atoms with E-state index in [2.05, 4.69) is 0 Å². The molecule has 0 aliphatic rings. The van der Waals surface area contributed by atoms with Crippen LogP contribution >= 0.6 is 0 Å². The van der Waals surface area contributed by atoms with Gasteiger partial charge >= 0.3 is 12.1 Å². The molecule has 0 radical (unpaired) electrons. The van der Waals surface area contributed by atoms with Crippen LogP contribution in [0.3, 0.4) is 0 Å². The third kappa shape index (κ3) is 3.30. The molecule has 2 aromatic carbocycles. The van der Waals surface area contributed by atoms with Gasteiger partial charge in [0, 0.05) is 24.3 Å². The minimum absolute atomic E-state index is 0.555. The lowest BCUT2D eigenvalue weighted by atomic mass is 9.80.